The van der Waals surface area contributed by atoms with Crippen molar-refractivity contribution in [1.29, 1.82) is 0 Å². The maximum Gasteiger partial charge on any atom is 0.0145 e. The summed E-state index contributed by atoms with van der Waals surface area (Å²) in [6.07, 6.45) is 7.18. The van der Waals surface area contributed by atoms with Crippen LogP contribution in [0.15, 0.2) is 12.2 Å². The number of rotatable bonds is 0. The van der Waals surface area contributed by atoms with Gasteiger partial charge < -0.3 is 5.32 Å². The lowest BCUT2D eigenvalue weighted by Gasteiger charge is -2.39. The van der Waals surface area contributed by atoms with Crippen LogP contribution < -0.4 is 5.32 Å². The van der Waals surface area contributed by atoms with Gasteiger partial charge in [0.2, 0.25) is 0 Å². The monoisotopic (exact) mass is 109 g/mol. The Morgan fingerprint density at radius 2 is 2.12 bits per heavy atom. The summed E-state index contributed by atoms with van der Waals surface area (Å²) < 4.78 is 0. The summed E-state index contributed by atoms with van der Waals surface area (Å²) in [4.78, 5) is 0. The van der Waals surface area contributed by atoms with E-state index in [1.165, 1.54) is 19.4 Å². The molecule has 0 aromatic carbocycles. The predicted molar refractivity (Wildman–Crippen MR) is 33.7 cm³/mol. The SMILES string of the molecule is C1=CCC2NCC2C1. The van der Waals surface area contributed by atoms with E-state index in [9.17, 15) is 0 Å². The van der Waals surface area contributed by atoms with Gasteiger partial charge in [-0.3, -0.25) is 0 Å². The molecule has 1 heterocycles. The molecule has 44 valence electrons. The summed E-state index contributed by atoms with van der Waals surface area (Å²) in [5, 5.41) is 3.40. The first-order valence-electron chi connectivity index (χ1n) is 3.35. The maximum atomic E-state index is 3.40. The van der Waals surface area contributed by atoms with Crippen LogP contribution in [0.4, 0.5) is 0 Å². The molecule has 2 rings (SSSR count). The van der Waals surface area contributed by atoms with Crippen molar-refractivity contribution in [3.8, 4) is 0 Å². The van der Waals surface area contributed by atoms with Crippen molar-refractivity contribution in [3.63, 3.8) is 0 Å². The third-order valence-electron chi connectivity index (χ3n) is 2.21. The minimum absolute atomic E-state index is 0.847. The molecule has 2 atom stereocenters. The lowest BCUT2D eigenvalue weighted by atomic mass is 9.83. The molecule has 1 aliphatic heterocycles. The normalized spacial score (nSPS) is 43.0. The first kappa shape index (κ1) is 4.57. The number of hydrogen-bond acceptors (Lipinski definition) is 1. The van der Waals surface area contributed by atoms with Crippen molar-refractivity contribution in [2.45, 2.75) is 18.9 Å². The summed E-state index contributed by atoms with van der Waals surface area (Å²) in [5.41, 5.74) is 0. The van der Waals surface area contributed by atoms with Gasteiger partial charge >= 0.3 is 0 Å². The van der Waals surface area contributed by atoms with Crippen LogP contribution in [0.1, 0.15) is 12.8 Å². The van der Waals surface area contributed by atoms with E-state index in [1.54, 1.807) is 0 Å². The molecule has 0 saturated carbocycles. The van der Waals surface area contributed by atoms with Crippen molar-refractivity contribution in [2.75, 3.05) is 6.54 Å². The summed E-state index contributed by atoms with van der Waals surface area (Å²) in [6, 6.07) is 0.847. The highest BCUT2D eigenvalue weighted by Crippen LogP contribution is 2.24. The molecule has 2 unspecified atom stereocenters. The minimum Gasteiger partial charge on any atom is -0.313 e. The fraction of sp³-hybridized carbons (Fsp3) is 0.714. The fourth-order valence-corrected chi connectivity index (χ4v) is 1.49. The first-order chi connectivity index (χ1) is 3.97. The highest BCUT2D eigenvalue weighted by atomic mass is 15.0. The summed E-state index contributed by atoms with van der Waals surface area (Å²) in [7, 11) is 0. The van der Waals surface area contributed by atoms with Crippen molar-refractivity contribution < 1.29 is 0 Å². The summed E-state index contributed by atoms with van der Waals surface area (Å²) in [5.74, 6) is 0.986. The number of hydrogen-bond donors (Lipinski definition) is 1. The molecule has 8 heavy (non-hydrogen) atoms. The Labute approximate surface area is 49.8 Å². The standard InChI is InChI=1S/C7H11N/c1-2-4-7-6(3-1)5-8-7/h1-2,6-8H,3-5H2. The van der Waals surface area contributed by atoms with Crippen LogP contribution in [0.25, 0.3) is 0 Å². The van der Waals surface area contributed by atoms with Gasteiger partial charge in [-0.2, -0.15) is 0 Å². The Morgan fingerprint density at radius 1 is 1.25 bits per heavy atom. The lowest BCUT2D eigenvalue weighted by Crippen LogP contribution is -2.53. The third kappa shape index (κ3) is 0.511. The molecule has 1 aliphatic carbocycles. The van der Waals surface area contributed by atoms with Gasteiger partial charge in [-0.05, 0) is 18.8 Å². The Balaban J connectivity index is 2.05. The van der Waals surface area contributed by atoms with Crippen molar-refractivity contribution >= 4 is 0 Å². The summed E-state index contributed by atoms with van der Waals surface area (Å²) >= 11 is 0. The first-order valence-corrected chi connectivity index (χ1v) is 3.35. The van der Waals surface area contributed by atoms with E-state index < -0.39 is 0 Å². The molecule has 1 saturated heterocycles. The van der Waals surface area contributed by atoms with Gasteiger partial charge in [0.05, 0.1) is 0 Å². The van der Waals surface area contributed by atoms with E-state index in [2.05, 4.69) is 17.5 Å². The Bertz CT molecular complexity index is 104. The molecule has 0 spiro atoms. The third-order valence-corrected chi connectivity index (χ3v) is 2.21. The molecule has 2 aliphatic rings. The number of fused-ring (bicyclic) bond motifs is 1. The topological polar surface area (TPSA) is 12.0 Å². The van der Waals surface area contributed by atoms with Gasteiger partial charge in [0.15, 0.2) is 0 Å². The van der Waals surface area contributed by atoms with E-state index in [1.807, 2.05) is 0 Å². The van der Waals surface area contributed by atoms with Crippen molar-refractivity contribution in [1.82, 2.24) is 5.32 Å². The van der Waals surface area contributed by atoms with Gasteiger partial charge in [-0.25, -0.2) is 0 Å². The molecular weight excluding hydrogens is 98.1 g/mol. The predicted octanol–water partition coefficient (Wildman–Crippen LogP) is 0.924. The Hall–Kier alpha value is -0.300. The van der Waals surface area contributed by atoms with Crippen LogP contribution in [0.3, 0.4) is 0 Å². The molecule has 0 amide bonds. The molecular formula is C7H11N. The average molecular weight is 109 g/mol. The Kier molecular flexibility index (Phi) is 0.908. The smallest absolute Gasteiger partial charge is 0.0145 e. The molecule has 0 aromatic heterocycles. The lowest BCUT2D eigenvalue weighted by molar-refractivity contribution is 0.227. The Morgan fingerprint density at radius 3 is 2.50 bits per heavy atom. The van der Waals surface area contributed by atoms with Gasteiger partial charge in [-0.15, -0.1) is 0 Å². The van der Waals surface area contributed by atoms with Crippen LogP contribution >= 0.6 is 0 Å². The van der Waals surface area contributed by atoms with E-state index in [-0.39, 0.29) is 0 Å². The zero-order chi connectivity index (χ0) is 5.40. The number of nitrogens with one attached hydrogen (secondary N) is 1. The van der Waals surface area contributed by atoms with Crippen LogP contribution in [0.5, 0.6) is 0 Å². The van der Waals surface area contributed by atoms with E-state index in [4.69, 9.17) is 0 Å². The highest BCUT2D eigenvalue weighted by Gasteiger charge is 2.29. The van der Waals surface area contributed by atoms with Crippen LogP contribution in [-0.2, 0) is 0 Å². The molecule has 0 bridgehead atoms. The largest absolute Gasteiger partial charge is 0.313 e. The zero-order valence-electron chi connectivity index (χ0n) is 4.93. The summed E-state index contributed by atoms with van der Waals surface area (Å²) in [6.45, 7) is 1.26. The number of allylic oxidation sites excluding steroid dienone is 1. The van der Waals surface area contributed by atoms with E-state index >= 15 is 0 Å². The van der Waals surface area contributed by atoms with Crippen molar-refractivity contribution in [2.24, 2.45) is 5.92 Å². The molecule has 1 nitrogen and oxygen atoms in total. The fourth-order valence-electron chi connectivity index (χ4n) is 1.49. The second kappa shape index (κ2) is 1.59. The van der Waals surface area contributed by atoms with Crippen LogP contribution in [-0.4, -0.2) is 12.6 Å². The maximum absolute atomic E-state index is 3.40. The second-order valence-electron chi connectivity index (χ2n) is 2.72. The van der Waals surface area contributed by atoms with E-state index in [0.717, 1.165) is 12.0 Å². The van der Waals surface area contributed by atoms with Gasteiger partial charge in [0.25, 0.3) is 0 Å². The molecule has 1 N–H and O–H groups in total. The van der Waals surface area contributed by atoms with Gasteiger partial charge in [0, 0.05) is 12.6 Å². The second-order valence-corrected chi connectivity index (χ2v) is 2.72. The highest BCUT2D eigenvalue weighted by molar-refractivity contribution is 5.03. The van der Waals surface area contributed by atoms with Crippen molar-refractivity contribution in [3.05, 3.63) is 12.2 Å². The van der Waals surface area contributed by atoms with E-state index in [0.29, 0.717) is 0 Å². The molecule has 1 fully saturated rings. The quantitative estimate of drug-likeness (QED) is 0.456. The molecule has 0 radical (unpaired) electrons. The van der Waals surface area contributed by atoms with Gasteiger partial charge in [-0.1, -0.05) is 12.2 Å². The van der Waals surface area contributed by atoms with Crippen LogP contribution in [0.2, 0.25) is 0 Å². The van der Waals surface area contributed by atoms with Crippen LogP contribution in [0, 0.1) is 5.92 Å². The zero-order valence-corrected chi connectivity index (χ0v) is 4.93. The van der Waals surface area contributed by atoms with Gasteiger partial charge in [0.1, 0.15) is 0 Å². The molecule has 0 aromatic rings. The average Bonchev–Trinajstić information content (AvgIpc) is 1.72. The molecule has 1 heteroatoms. The minimum atomic E-state index is 0.847.